The molecule has 1 atom stereocenters. The Kier molecular flexibility index (Phi) is 8.72. The van der Waals surface area contributed by atoms with E-state index in [1.165, 1.54) is 6.07 Å². The molecule has 3 aliphatic rings. The lowest BCUT2D eigenvalue weighted by Crippen LogP contribution is -2.47. The number of benzene rings is 1. The number of ether oxygens (including phenoxy) is 1. The van der Waals surface area contributed by atoms with Crippen LogP contribution in [0.1, 0.15) is 77.2 Å². The summed E-state index contributed by atoms with van der Waals surface area (Å²) in [5.41, 5.74) is 0.839. The van der Waals surface area contributed by atoms with E-state index < -0.39 is 11.6 Å². The molecule has 1 aromatic rings. The van der Waals surface area contributed by atoms with Crippen LogP contribution in [0.4, 0.5) is 14.9 Å². The molecule has 3 heterocycles. The SMILES string of the molecule is CC(C)(C)OC(=O)N1CCC(CCN2CCC(c3ccc(NC4CCC(=O)NC4=O)cc3F)CC2)CC1. The molecule has 0 bridgehead atoms. The van der Waals surface area contributed by atoms with Crippen LogP contribution in [-0.2, 0) is 14.3 Å². The highest BCUT2D eigenvalue weighted by Gasteiger charge is 2.29. The lowest BCUT2D eigenvalue weighted by Gasteiger charge is -2.36. The summed E-state index contributed by atoms with van der Waals surface area (Å²) in [6.45, 7) is 10.2. The van der Waals surface area contributed by atoms with Crippen molar-refractivity contribution in [2.45, 2.75) is 83.3 Å². The molecule has 3 amide bonds. The number of anilines is 1. The molecule has 3 fully saturated rings. The summed E-state index contributed by atoms with van der Waals surface area (Å²) in [6, 6.07) is 4.62. The molecular formula is C28H41FN4O4. The Morgan fingerprint density at radius 3 is 2.41 bits per heavy atom. The number of halogens is 1. The van der Waals surface area contributed by atoms with E-state index in [2.05, 4.69) is 15.5 Å². The van der Waals surface area contributed by atoms with Crippen LogP contribution in [0.25, 0.3) is 0 Å². The Hall–Kier alpha value is -2.68. The minimum Gasteiger partial charge on any atom is -0.444 e. The number of rotatable bonds is 6. The summed E-state index contributed by atoms with van der Waals surface area (Å²) >= 11 is 0. The highest BCUT2D eigenvalue weighted by Crippen LogP contribution is 2.32. The van der Waals surface area contributed by atoms with Gasteiger partial charge in [-0.05, 0) is 108 Å². The number of piperidine rings is 3. The van der Waals surface area contributed by atoms with Crippen molar-refractivity contribution in [3.05, 3.63) is 29.6 Å². The van der Waals surface area contributed by atoms with Crippen LogP contribution in [0.2, 0.25) is 0 Å². The van der Waals surface area contributed by atoms with E-state index in [0.717, 1.165) is 70.4 Å². The second-order valence-corrected chi connectivity index (χ2v) is 11.7. The first-order valence-corrected chi connectivity index (χ1v) is 13.7. The Morgan fingerprint density at radius 2 is 1.78 bits per heavy atom. The highest BCUT2D eigenvalue weighted by atomic mass is 19.1. The van der Waals surface area contributed by atoms with Crippen molar-refractivity contribution in [3.8, 4) is 0 Å². The van der Waals surface area contributed by atoms with Crippen LogP contribution in [0.3, 0.4) is 0 Å². The molecule has 1 unspecified atom stereocenters. The minimum absolute atomic E-state index is 0.193. The van der Waals surface area contributed by atoms with E-state index in [4.69, 9.17) is 4.74 Å². The third-order valence-corrected chi connectivity index (χ3v) is 7.73. The van der Waals surface area contributed by atoms with Crippen molar-refractivity contribution >= 4 is 23.6 Å². The molecule has 0 aromatic heterocycles. The third-order valence-electron chi connectivity index (χ3n) is 7.73. The van der Waals surface area contributed by atoms with Gasteiger partial charge in [-0.1, -0.05) is 6.07 Å². The quantitative estimate of drug-likeness (QED) is 0.549. The van der Waals surface area contributed by atoms with Crippen LogP contribution in [0, 0.1) is 11.7 Å². The average molecular weight is 517 g/mol. The minimum atomic E-state index is -0.518. The number of likely N-dealkylation sites (tertiary alicyclic amines) is 2. The first kappa shape index (κ1) is 27.4. The van der Waals surface area contributed by atoms with E-state index in [1.54, 1.807) is 0 Å². The molecule has 0 saturated carbocycles. The topological polar surface area (TPSA) is 91.0 Å². The number of nitrogens with zero attached hydrogens (tertiary/aromatic N) is 2. The molecular weight excluding hydrogens is 475 g/mol. The molecule has 3 aliphatic heterocycles. The molecule has 37 heavy (non-hydrogen) atoms. The summed E-state index contributed by atoms with van der Waals surface area (Å²) in [5.74, 6) is -0.0510. The van der Waals surface area contributed by atoms with Crippen LogP contribution in [0.5, 0.6) is 0 Å². The second kappa shape index (κ2) is 11.8. The largest absolute Gasteiger partial charge is 0.444 e. The second-order valence-electron chi connectivity index (χ2n) is 11.7. The van der Waals surface area contributed by atoms with Crippen LogP contribution in [0.15, 0.2) is 18.2 Å². The Bertz CT molecular complexity index is 979. The maximum Gasteiger partial charge on any atom is 0.410 e. The van der Waals surface area contributed by atoms with Gasteiger partial charge in [0.25, 0.3) is 0 Å². The van der Waals surface area contributed by atoms with E-state index in [-0.39, 0.29) is 36.1 Å². The molecule has 3 saturated heterocycles. The van der Waals surface area contributed by atoms with Gasteiger partial charge in [-0.25, -0.2) is 9.18 Å². The van der Waals surface area contributed by atoms with Crippen molar-refractivity contribution in [1.29, 1.82) is 0 Å². The normalized spacial score (nSPS) is 22.6. The molecule has 204 valence electrons. The van der Waals surface area contributed by atoms with Gasteiger partial charge in [-0.3, -0.25) is 14.9 Å². The van der Waals surface area contributed by atoms with Crippen molar-refractivity contribution in [2.75, 3.05) is 38.0 Å². The maximum absolute atomic E-state index is 15.0. The zero-order valence-corrected chi connectivity index (χ0v) is 22.4. The number of amides is 3. The summed E-state index contributed by atoms with van der Waals surface area (Å²) < 4.78 is 20.5. The fraction of sp³-hybridized carbons (Fsp3) is 0.679. The van der Waals surface area contributed by atoms with E-state index in [0.29, 0.717) is 18.0 Å². The first-order valence-electron chi connectivity index (χ1n) is 13.7. The lowest BCUT2D eigenvalue weighted by molar-refractivity contribution is -0.133. The molecule has 2 N–H and O–H groups in total. The number of nitrogens with one attached hydrogen (secondary N) is 2. The molecule has 0 spiro atoms. The zero-order chi connectivity index (χ0) is 26.6. The predicted molar refractivity (Wildman–Crippen MR) is 140 cm³/mol. The smallest absolute Gasteiger partial charge is 0.410 e. The van der Waals surface area contributed by atoms with Crippen molar-refractivity contribution in [2.24, 2.45) is 5.92 Å². The van der Waals surface area contributed by atoms with Gasteiger partial charge in [0.2, 0.25) is 11.8 Å². The molecule has 0 aliphatic carbocycles. The number of carbonyl (C=O) groups excluding carboxylic acids is 3. The number of carbonyl (C=O) groups is 3. The number of hydrogen-bond donors (Lipinski definition) is 2. The molecule has 1 aromatic carbocycles. The van der Waals surface area contributed by atoms with E-state index in [1.807, 2.05) is 37.8 Å². The van der Waals surface area contributed by atoms with Crippen LogP contribution >= 0.6 is 0 Å². The Morgan fingerprint density at radius 1 is 1.08 bits per heavy atom. The zero-order valence-electron chi connectivity index (χ0n) is 22.4. The summed E-state index contributed by atoms with van der Waals surface area (Å²) in [4.78, 5) is 39.9. The fourth-order valence-electron chi connectivity index (χ4n) is 5.54. The van der Waals surface area contributed by atoms with E-state index >= 15 is 0 Å². The van der Waals surface area contributed by atoms with Gasteiger partial charge in [0.1, 0.15) is 17.5 Å². The monoisotopic (exact) mass is 516 g/mol. The summed E-state index contributed by atoms with van der Waals surface area (Å²) in [5, 5.41) is 5.37. The average Bonchev–Trinajstić information content (AvgIpc) is 2.84. The Labute approximate surface area is 219 Å². The van der Waals surface area contributed by atoms with Gasteiger partial charge in [-0.15, -0.1) is 0 Å². The predicted octanol–water partition coefficient (Wildman–Crippen LogP) is 4.26. The standard InChI is InChI=1S/C28H41FN4O4/c1-28(2,3)37-27(36)33-16-9-19(10-17-33)8-13-32-14-11-20(12-15-32)22-5-4-21(18-23(22)29)30-24-6-7-25(34)31-26(24)35/h4-5,18-20,24,30H,6-17H2,1-3H3,(H,31,34,35). The van der Waals surface area contributed by atoms with Crippen LogP contribution < -0.4 is 10.6 Å². The molecule has 0 radical (unpaired) electrons. The van der Waals surface area contributed by atoms with E-state index in [9.17, 15) is 18.8 Å². The van der Waals surface area contributed by atoms with Gasteiger partial charge in [0.15, 0.2) is 0 Å². The highest BCUT2D eigenvalue weighted by molar-refractivity contribution is 6.01. The lowest BCUT2D eigenvalue weighted by atomic mass is 9.88. The number of hydrogen-bond acceptors (Lipinski definition) is 6. The summed E-state index contributed by atoms with van der Waals surface area (Å²) in [6.07, 6.45) is 5.49. The molecule has 8 nitrogen and oxygen atoms in total. The fourth-order valence-corrected chi connectivity index (χ4v) is 5.54. The van der Waals surface area contributed by atoms with Gasteiger partial charge in [0, 0.05) is 25.2 Å². The van der Waals surface area contributed by atoms with Gasteiger partial charge in [0.05, 0.1) is 0 Å². The maximum atomic E-state index is 15.0. The Balaban J connectivity index is 1.18. The van der Waals surface area contributed by atoms with Crippen molar-refractivity contribution < 1.29 is 23.5 Å². The molecule has 4 rings (SSSR count). The van der Waals surface area contributed by atoms with Crippen molar-refractivity contribution in [3.63, 3.8) is 0 Å². The van der Waals surface area contributed by atoms with Gasteiger partial charge < -0.3 is 19.9 Å². The van der Waals surface area contributed by atoms with Crippen molar-refractivity contribution in [1.82, 2.24) is 15.1 Å². The third kappa shape index (κ3) is 7.66. The first-order chi connectivity index (χ1) is 17.6. The van der Waals surface area contributed by atoms with Gasteiger partial charge >= 0.3 is 6.09 Å². The molecule has 9 heteroatoms. The van der Waals surface area contributed by atoms with Crippen LogP contribution in [-0.4, -0.2) is 72.1 Å². The van der Waals surface area contributed by atoms with Gasteiger partial charge in [-0.2, -0.15) is 0 Å². The summed E-state index contributed by atoms with van der Waals surface area (Å²) in [7, 11) is 0. The number of imide groups is 1.